The van der Waals surface area contributed by atoms with Gasteiger partial charge in [0.15, 0.2) is 0 Å². The molecule has 4 aliphatic rings. The van der Waals surface area contributed by atoms with Crippen molar-refractivity contribution in [2.75, 3.05) is 45.8 Å². The van der Waals surface area contributed by atoms with Gasteiger partial charge in [0.25, 0.3) is 5.91 Å². The van der Waals surface area contributed by atoms with Crippen molar-refractivity contribution in [2.24, 2.45) is 23.2 Å². The van der Waals surface area contributed by atoms with Gasteiger partial charge in [-0.2, -0.15) is 0 Å². The molecule has 2 fully saturated rings. The number of carbonyl (C=O) groups excluding carboxylic acids is 2. The van der Waals surface area contributed by atoms with Crippen molar-refractivity contribution >= 4 is 23.4 Å². The van der Waals surface area contributed by atoms with Crippen LogP contribution in [0, 0.1) is 23.2 Å². The van der Waals surface area contributed by atoms with E-state index in [2.05, 4.69) is 29.7 Å². The lowest BCUT2D eigenvalue weighted by Crippen LogP contribution is -2.52. The van der Waals surface area contributed by atoms with Gasteiger partial charge in [-0.05, 0) is 54.4 Å². The molecule has 6 heteroatoms. The van der Waals surface area contributed by atoms with E-state index in [0.717, 1.165) is 45.1 Å². The van der Waals surface area contributed by atoms with Crippen LogP contribution in [0.4, 0.5) is 0 Å². The first-order valence-electron chi connectivity index (χ1n) is 12.4. The van der Waals surface area contributed by atoms with Crippen LogP contribution in [0.5, 0.6) is 0 Å². The van der Waals surface area contributed by atoms with E-state index in [9.17, 15) is 9.59 Å². The molecule has 1 heterocycles. The van der Waals surface area contributed by atoms with Crippen LogP contribution >= 0.6 is 11.6 Å². The lowest BCUT2D eigenvalue weighted by Gasteiger charge is -2.57. The first kappa shape index (κ1) is 24.3. The zero-order valence-corrected chi connectivity index (χ0v) is 21.3. The standard InChI is InChI=1S/C27H38ClN3O2/c1-19(2)25(32)31(18-21-5-8-22-17-24(21)27(22,3)4)16-13-29-11-14-30(15-12-29)26(33)20-6-9-23(28)10-7-20/h5-7,9-10,19,22,24H,8,11-18H2,1-4H3. The zero-order chi connectivity index (χ0) is 23.8. The Hall–Kier alpha value is -1.85. The second-order valence-electron chi connectivity index (χ2n) is 10.9. The van der Waals surface area contributed by atoms with E-state index in [0.29, 0.717) is 35.0 Å². The van der Waals surface area contributed by atoms with Gasteiger partial charge in [0.2, 0.25) is 5.91 Å². The van der Waals surface area contributed by atoms with Gasteiger partial charge in [0, 0.05) is 62.3 Å². The number of rotatable bonds is 7. The molecule has 2 amide bonds. The molecule has 1 aromatic rings. The molecule has 1 saturated carbocycles. The number of allylic oxidation sites excluding steroid dienone is 1. The Morgan fingerprint density at radius 3 is 2.36 bits per heavy atom. The van der Waals surface area contributed by atoms with Gasteiger partial charge in [-0.1, -0.05) is 50.9 Å². The fourth-order valence-electron chi connectivity index (χ4n) is 5.72. The third-order valence-electron chi connectivity index (χ3n) is 8.20. The monoisotopic (exact) mass is 471 g/mol. The van der Waals surface area contributed by atoms with E-state index in [1.807, 2.05) is 18.7 Å². The van der Waals surface area contributed by atoms with Crippen LogP contribution in [-0.2, 0) is 4.79 Å². The maximum absolute atomic E-state index is 13.0. The molecule has 0 radical (unpaired) electrons. The molecule has 5 rings (SSSR count). The fraction of sp³-hybridized carbons (Fsp3) is 0.630. The van der Waals surface area contributed by atoms with Crippen molar-refractivity contribution in [2.45, 2.75) is 40.5 Å². The SMILES string of the molecule is CC(C)C(=O)N(CCN1CCN(C(=O)c2ccc(Cl)cc2)CC1)CC1=CCC2CC1C2(C)C. The normalized spacial score (nSPS) is 24.3. The molecule has 5 nitrogen and oxygen atoms in total. The Bertz CT molecular complexity index is 900. The Labute approximate surface area is 203 Å². The molecule has 3 aliphatic carbocycles. The van der Waals surface area contributed by atoms with E-state index in [1.54, 1.807) is 24.3 Å². The Balaban J connectivity index is 1.30. The second-order valence-corrected chi connectivity index (χ2v) is 11.3. The molecule has 0 spiro atoms. The Kier molecular flexibility index (Phi) is 7.20. The zero-order valence-electron chi connectivity index (χ0n) is 20.5. The van der Waals surface area contributed by atoms with Gasteiger partial charge in [0.1, 0.15) is 0 Å². The van der Waals surface area contributed by atoms with Crippen molar-refractivity contribution in [3.63, 3.8) is 0 Å². The summed E-state index contributed by atoms with van der Waals surface area (Å²) in [4.78, 5) is 32.1. The number of piperazine rings is 1. The lowest BCUT2D eigenvalue weighted by molar-refractivity contribution is -0.134. The van der Waals surface area contributed by atoms with Crippen LogP contribution in [0.15, 0.2) is 35.9 Å². The summed E-state index contributed by atoms with van der Waals surface area (Å²) >= 11 is 5.95. The number of amides is 2. The summed E-state index contributed by atoms with van der Waals surface area (Å²) in [5, 5.41) is 0.640. The third-order valence-corrected chi connectivity index (χ3v) is 8.45. The van der Waals surface area contributed by atoms with Crippen LogP contribution < -0.4 is 0 Å². The van der Waals surface area contributed by atoms with Crippen LogP contribution in [0.25, 0.3) is 0 Å². The van der Waals surface area contributed by atoms with E-state index in [1.165, 1.54) is 12.0 Å². The summed E-state index contributed by atoms with van der Waals surface area (Å²) in [6, 6.07) is 7.10. The highest BCUT2D eigenvalue weighted by Crippen LogP contribution is 2.59. The average molecular weight is 472 g/mol. The van der Waals surface area contributed by atoms with Gasteiger partial charge in [-0.25, -0.2) is 0 Å². The van der Waals surface area contributed by atoms with Crippen LogP contribution in [-0.4, -0.2) is 72.3 Å². The molecule has 1 aliphatic heterocycles. The first-order valence-corrected chi connectivity index (χ1v) is 12.8. The molecule has 2 bridgehead atoms. The second kappa shape index (κ2) is 9.79. The highest BCUT2D eigenvalue weighted by Gasteiger charge is 2.51. The molecule has 2 unspecified atom stereocenters. The minimum atomic E-state index is 0.00480. The summed E-state index contributed by atoms with van der Waals surface area (Å²) < 4.78 is 0. The van der Waals surface area contributed by atoms with Crippen LogP contribution in [0.3, 0.4) is 0 Å². The maximum atomic E-state index is 13.0. The number of hydrogen-bond acceptors (Lipinski definition) is 3. The number of carbonyl (C=O) groups is 2. The molecule has 0 aromatic heterocycles. The number of hydrogen-bond donors (Lipinski definition) is 0. The van der Waals surface area contributed by atoms with Crippen molar-refractivity contribution in [3.8, 4) is 0 Å². The quantitative estimate of drug-likeness (QED) is 0.547. The van der Waals surface area contributed by atoms with Crippen molar-refractivity contribution in [1.82, 2.24) is 14.7 Å². The van der Waals surface area contributed by atoms with Crippen molar-refractivity contribution in [3.05, 3.63) is 46.5 Å². The molecular weight excluding hydrogens is 434 g/mol. The van der Waals surface area contributed by atoms with E-state index >= 15 is 0 Å². The van der Waals surface area contributed by atoms with Crippen molar-refractivity contribution in [1.29, 1.82) is 0 Å². The molecule has 33 heavy (non-hydrogen) atoms. The highest BCUT2D eigenvalue weighted by atomic mass is 35.5. The summed E-state index contributed by atoms with van der Waals surface area (Å²) in [5.74, 6) is 1.75. The molecular formula is C27H38ClN3O2. The molecule has 2 atom stereocenters. The van der Waals surface area contributed by atoms with Crippen LogP contribution in [0.2, 0.25) is 5.02 Å². The van der Waals surface area contributed by atoms with E-state index in [-0.39, 0.29) is 17.7 Å². The summed E-state index contributed by atoms with van der Waals surface area (Å²) in [7, 11) is 0. The number of nitrogens with zero attached hydrogens (tertiary/aromatic N) is 3. The number of benzene rings is 1. The maximum Gasteiger partial charge on any atom is 0.253 e. The summed E-state index contributed by atoms with van der Waals surface area (Å²) in [5.41, 5.74) is 2.53. The summed E-state index contributed by atoms with van der Waals surface area (Å²) in [6.45, 7) is 14.2. The van der Waals surface area contributed by atoms with Gasteiger partial charge >= 0.3 is 0 Å². The topological polar surface area (TPSA) is 43.9 Å². The minimum Gasteiger partial charge on any atom is -0.337 e. The van der Waals surface area contributed by atoms with Crippen LogP contribution in [0.1, 0.15) is 50.9 Å². The average Bonchev–Trinajstić information content (AvgIpc) is 2.81. The molecule has 0 N–H and O–H groups in total. The Morgan fingerprint density at radius 1 is 1.12 bits per heavy atom. The molecule has 180 valence electrons. The van der Waals surface area contributed by atoms with Gasteiger partial charge < -0.3 is 9.80 Å². The predicted molar refractivity (Wildman–Crippen MR) is 133 cm³/mol. The van der Waals surface area contributed by atoms with Gasteiger partial charge in [-0.3, -0.25) is 14.5 Å². The minimum absolute atomic E-state index is 0.00480. The van der Waals surface area contributed by atoms with Crippen molar-refractivity contribution < 1.29 is 9.59 Å². The van der Waals surface area contributed by atoms with E-state index in [4.69, 9.17) is 11.6 Å². The number of fused-ring (bicyclic) bond motifs is 1. The number of halogens is 1. The molecule has 1 saturated heterocycles. The third kappa shape index (κ3) is 5.14. The van der Waals surface area contributed by atoms with Gasteiger partial charge in [-0.15, -0.1) is 0 Å². The largest absolute Gasteiger partial charge is 0.337 e. The van der Waals surface area contributed by atoms with E-state index < -0.39 is 0 Å². The lowest BCUT2D eigenvalue weighted by atomic mass is 9.49. The fourth-order valence-corrected chi connectivity index (χ4v) is 5.85. The molecule has 1 aromatic carbocycles. The highest BCUT2D eigenvalue weighted by molar-refractivity contribution is 6.30. The predicted octanol–water partition coefficient (Wildman–Crippen LogP) is 4.57. The smallest absolute Gasteiger partial charge is 0.253 e. The van der Waals surface area contributed by atoms with Gasteiger partial charge in [0.05, 0.1) is 0 Å². The Morgan fingerprint density at radius 2 is 1.79 bits per heavy atom. The first-order chi connectivity index (χ1) is 15.7. The summed E-state index contributed by atoms with van der Waals surface area (Å²) in [6.07, 6.45) is 4.85.